The predicted molar refractivity (Wildman–Crippen MR) is 114 cm³/mol. The Bertz CT molecular complexity index is 1190. The average Bonchev–Trinajstić information content (AvgIpc) is 3.04. The van der Waals surface area contributed by atoms with Crippen LogP contribution in [0.1, 0.15) is 30.9 Å². The Kier molecular flexibility index (Phi) is 4.79. The van der Waals surface area contributed by atoms with Crippen LogP contribution in [-0.4, -0.2) is 20.3 Å². The summed E-state index contributed by atoms with van der Waals surface area (Å²) in [7, 11) is 0. The molecule has 138 valence electrons. The lowest BCUT2D eigenvalue weighted by atomic mass is 10.1. The molecule has 4 aromatic rings. The van der Waals surface area contributed by atoms with Crippen LogP contribution in [-0.2, 0) is 0 Å². The average molecular weight is 378 g/mol. The van der Waals surface area contributed by atoms with Crippen molar-refractivity contribution in [1.29, 1.82) is 0 Å². The maximum Gasteiger partial charge on any atom is 0.283 e. The van der Waals surface area contributed by atoms with Crippen LogP contribution in [0.3, 0.4) is 0 Å². The molecule has 27 heavy (non-hydrogen) atoms. The first kappa shape index (κ1) is 17.9. The maximum atomic E-state index is 13.5. The molecule has 0 aliphatic heterocycles. The van der Waals surface area contributed by atoms with Crippen LogP contribution in [0.2, 0.25) is 0 Å². The van der Waals surface area contributed by atoms with Gasteiger partial charge in [-0.3, -0.25) is 9.36 Å². The minimum atomic E-state index is -0.0381. The third-order valence-electron chi connectivity index (χ3n) is 5.04. The van der Waals surface area contributed by atoms with Gasteiger partial charge in [0.25, 0.3) is 5.56 Å². The molecule has 0 saturated heterocycles. The minimum Gasteiger partial charge on any atom is -0.349 e. The SMILES string of the molecule is CCCCSc1nc2c([nH]c3ccccc32)c(=O)n1-c1cccc(C)c1C. The Hall–Kier alpha value is -2.53. The van der Waals surface area contributed by atoms with Crippen molar-refractivity contribution in [1.82, 2.24) is 14.5 Å². The molecule has 0 aliphatic carbocycles. The van der Waals surface area contributed by atoms with Crippen molar-refractivity contribution in [2.45, 2.75) is 38.8 Å². The van der Waals surface area contributed by atoms with E-state index >= 15 is 0 Å². The van der Waals surface area contributed by atoms with Crippen LogP contribution in [0.4, 0.5) is 0 Å². The van der Waals surface area contributed by atoms with E-state index in [1.54, 1.807) is 16.3 Å². The molecule has 5 heteroatoms. The highest BCUT2D eigenvalue weighted by molar-refractivity contribution is 7.99. The largest absolute Gasteiger partial charge is 0.349 e. The lowest BCUT2D eigenvalue weighted by Crippen LogP contribution is -2.22. The van der Waals surface area contributed by atoms with Crippen LogP contribution in [0.5, 0.6) is 0 Å². The van der Waals surface area contributed by atoms with Crippen molar-refractivity contribution in [3.05, 3.63) is 63.9 Å². The van der Waals surface area contributed by atoms with E-state index < -0.39 is 0 Å². The van der Waals surface area contributed by atoms with Gasteiger partial charge in [0.2, 0.25) is 0 Å². The first-order chi connectivity index (χ1) is 13.1. The fourth-order valence-electron chi connectivity index (χ4n) is 3.34. The maximum absolute atomic E-state index is 13.5. The van der Waals surface area contributed by atoms with Gasteiger partial charge in [0.1, 0.15) is 11.0 Å². The topological polar surface area (TPSA) is 50.7 Å². The highest BCUT2D eigenvalue weighted by Gasteiger charge is 2.18. The van der Waals surface area contributed by atoms with Gasteiger partial charge in [-0.1, -0.05) is 55.4 Å². The number of aromatic nitrogens is 3. The molecule has 0 unspecified atom stereocenters. The molecule has 0 amide bonds. The van der Waals surface area contributed by atoms with Gasteiger partial charge in [-0.15, -0.1) is 0 Å². The summed E-state index contributed by atoms with van der Waals surface area (Å²) in [5, 5.41) is 1.76. The first-order valence-corrected chi connectivity index (χ1v) is 10.3. The molecular formula is C22H23N3OS. The van der Waals surface area contributed by atoms with Crippen molar-refractivity contribution < 1.29 is 0 Å². The van der Waals surface area contributed by atoms with Gasteiger partial charge < -0.3 is 4.98 Å². The number of para-hydroxylation sites is 1. The summed E-state index contributed by atoms with van der Waals surface area (Å²) in [4.78, 5) is 21.7. The Labute approximate surface area is 162 Å². The van der Waals surface area contributed by atoms with E-state index in [4.69, 9.17) is 4.98 Å². The zero-order valence-corrected chi connectivity index (χ0v) is 16.7. The third kappa shape index (κ3) is 3.06. The Morgan fingerprint density at radius 1 is 1.11 bits per heavy atom. The van der Waals surface area contributed by atoms with Crippen molar-refractivity contribution >= 4 is 33.7 Å². The molecule has 0 aliphatic rings. The molecule has 2 aromatic carbocycles. The lowest BCUT2D eigenvalue weighted by molar-refractivity contribution is 0.807. The molecule has 0 atom stereocenters. The van der Waals surface area contributed by atoms with Gasteiger partial charge in [-0.05, 0) is 43.5 Å². The highest BCUT2D eigenvalue weighted by atomic mass is 32.2. The summed E-state index contributed by atoms with van der Waals surface area (Å²) >= 11 is 1.66. The van der Waals surface area contributed by atoms with Crippen LogP contribution in [0.15, 0.2) is 52.4 Å². The van der Waals surface area contributed by atoms with Crippen molar-refractivity contribution in [3.63, 3.8) is 0 Å². The standard InChI is InChI=1S/C22H23N3OS/c1-4-5-13-27-22-24-19-16-10-6-7-11-17(16)23-20(19)21(26)25(22)18-12-8-9-14(2)15(18)3/h6-12,23H,4-5,13H2,1-3H3. The second kappa shape index (κ2) is 7.24. The molecule has 0 bridgehead atoms. The fourth-order valence-corrected chi connectivity index (χ4v) is 4.42. The van der Waals surface area contributed by atoms with Gasteiger partial charge in [-0.25, -0.2) is 4.98 Å². The smallest absolute Gasteiger partial charge is 0.283 e. The van der Waals surface area contributed by atoms with Gasteiger partial charge in [-0.2, -0.15) is 0 Å². The molecule has 4 nitrogen and oxygen atoms in total. The first-order valence-electron chi connectivity index (χ1n) is 9.34. The summed E-state index contributed by atoms with van der Waals surface area (Å²) in [5.74, 6) is 0.946. The monoisotopic (exact) mass is 377 g/mol. The number of hydrogen-bond acceptors (Lipinski definition) is 3. The quantitative estimate of drug-likeness (QED) is 0.289. The molecule has 0 fully saturated rings. The van der Waals surface area contributed by atoms with Gasteiger partial charge in [0.05, 0.1) is 5.69 Å². The molecule has 2 aromatic heterocycles. The molecule has 0 radical (unpaired) electrons. The Balaban J connectivity index is 2.04. The number of thioether (sulfide) groups is 1. The molecule has 4 rings (SSSR count). The second-order valence-corrected chi connectivity index (χ2v) is 7.91. The van der Waals surface area contributed by atoms with E-state index in [9.17, 15) is 4.79 Å². The number of nitrogens with one attached hydrogen (secondary N) is 1. The van der Waals surface area contributed by atoms with E-state index in [-0.39, 0.29) is 5.56 Å². The number of rotatable bonds is 5. The number of H-pyrrole nitrogens is 1. The normalized spacial score (nSPS) is 11.5. The molecule has 1 N–H and O–H groups in total. The molecular weight excluding hydrogens is 354 g/mol. The van der Waals surface area contributed by atoms with Crippen molar-refractivity contribution in [2.24, 2.45) is 0 Å². The van der Waals surface area contributed by atoms with Gasteiger partial charge >= 0.3 is 0 Å². The number of hydrogen-bond donors (Lipinski definition) is 1. The molecule has 2 heterocycles. The van der Waals surface area contributed by atoms with Crippen molar-refractivity contribution in [3.8, 4) is 5.69 Å². The number of fused-ring (bicyclic) bond motifs is 3. The number of benzene rings is 2. The summed E-state index contributed by atoms with van der Waals surface area (Å²) in [5.41, 5.74) is 5.42. The predicted octanol–water partition coefficient (Wildman–Crippen LogP) is 5.38. The van der Waals surface area contributed by atoms with Crippen LogP contribution >= 0.6 is 11.8 Å². The fraction of sp³-hybridized carbons (Fsp3) is 0.273. The van der Waals surface area contributed by atoms with E-state index in [1.807, 2.05) is 36.4 Å². The van der Waals surface area contributed by atoms with Crippen LogP contribution < -0.4 is 5.56 Å². The summed E-state index contributed by atoms with van der Waals surface area (Å²) in [6.45, 7) is 6.31. The number of unbranched alkanes of at least 4 members (excludes halogenated alkanes) is 1. The van der Waals surface area contributed by atoms with E-state index in [2.05, 4.69) is 31.8 Å². The summed E-state index contributed by atoms with van der Waals surface area (Å²) in [6, 6.07) is 14.0. The Morgan fingerprint density at radius 2 is 1.93 bits per heavy atom. The zero-order valence-electron chi connectivity index (χ0n) is 15.9. The van der Waals surface area contributed by atoms with E-state index in [1.165, 1.54) is 5.56 Å². The van der Waals surface area contributed by atoms with Gasteiger partial charge in [0, 0.05) is 16.7 Å². The third-order valence-corrected chi connectivity index (χ3v) is 6.07. The molecule has 0 spiro atoms. The zero-order chi connectivity index (χ0) is 19.0. The van der Waals surface area contributed by atoms with Crippen molar-refractivity contribution in [2.75, 3.05) is 5.75 Å². The number of aromatic amines is 1. The molecule has 0 saturated carbocycles. The summed E-state index contributed by atoms with van der Waals surface area (Å²) in [6.07, 6.45) is 2.22. The summed E-state index contributed by atoms with van der Waals surface area (Å²) < 4.78 is 1.78. The Morgan fingerprint density at radius 3 is 2.74 bits per heavy atom. The van der Waals surface area contributed by atoms with Crippen LogP contribution in [0.25, 0.3) is 27.6 Å². The lowest BCUT2D eigenvalue weighted by Gasteiger charge is -2.15. The van der Waals surface area contributed by atoms with Gasteiger partial charge in [0.15, 0.2) is 5.16 Å². The van der Waals surface area contributed by atoms with E-state index in [0.717, 1.165) is 51.4 Å². The number of aryl methyl sites for hydroxylation is 1. The minimum absolute atomic E-state index is 0.0381. The second-order valence-electron chi connectivity index (χ2n) is 6.85. The van der Waals surface area contributed by atoms with E-state index in [0.29, 0.717) is 5.52 Å². The van der Waals surface area contributed by atoms with Crippen LogP contribution in [0, 0.1) is 13.8 Å². The number of nitrogens with zero attached hydrogens (tertiary/aromatic N) is 2. The highest BCUT2D eigenvalue weighted by Crippen LogP contribution is 2.28.